The molecule has 2 aliphatic rings. The Morgan fingerprint density at radius 1 is 0.595 bits per heavy atom. The van der Waals surface area contributed by atoms with Crippen LogP contribution in [-0.4, -0.2) is 8.80 Å². The van der Waals surface area contributed by atoms with Gasteiger partial charge in [-0.2, -0.15) is 0 Å². The smallest absolute Gasteiger partial charge is 0.0678 e. The SMILES string of the molecule is C[Si@@H](c1ccccc1P1Cc2ccc3ccccc3c2-c2c(ccc3ccccc23)C1)C1CCCCC1. The number of fused-ring (bicyclic) bond motifs is 7. The Kier molecular flexibility index (Phi) is 6.23. The van der Waals surface area contributed by atoms with Crippen molar-refractivity contribution < 1.29 is 0 Å². The van der Waals surface area contributed by atoms with Gasteiger partial charge in [0.1, 0.15) is 0 Å². The van der Waals surface area contributed by atoms with E-state index < -0.39 is 8.80 Å². The molecule has 0 radical (unpaired) electrons. The molecule has 1 aliphatic carbocycles. The molecule has 0 saturated heterocycles. The van der Waals surface area contributed by atoms with E-state index in [1.807, 2.05) is 0 Å². The largest absolute Gasteiger partial charge is 0.0716 e. The molecule has 1 saturated carbocycles. The Hall–Kier alpha value is -2.73. The van der Waals surface area contributed by atoms with E-state index in [0.717, 1.165) is 5.54 Å². The summed E-state index contributed by atoms with van der Waals surface area (Å²) in [5.41, 5.74) is 7.04. The lowest BCUT2D eigenvalue weighted by atomic mass is 9.88. The maximum atomic E-state index is 2.66. The highest BCUT2D eigenvalue weighted by Crippen LogP contribution is 2.52. The predicted octanol–water partition coefficient (Wildman–Crippen LogP) is 8.88. The number of hydrogen-bond acceptors (Lipinski definition) is 0. The second-order valence-corrected chi connectivity index (χ2v) is 16.6. The molecule has 5 aromatic carbocycles. The Morgan fingerprint density at radius 2 is 1.14 bits per heavy atom. The van der Waals surface area contributed by atoms with Gasteiger partial charge in [0.05, 0.1) is 8.80 Å². The summed E-state index contributed by atoms with van der Waals surface area (Å²) >= 11 is 0. The molecular formula is C35H35PSi. The molecule has 2 heteroatoms. The minimum atomic E-state index is -1.00. The fourth-order valence-electron chi connectivity index (χ4n) is 7.17. The molecule has 1 fully saturated rings. The van der Waals surface area contributed by atoms with Crippen molar-refractivity contribution in [3.05, 3.63) is 108 Å². The van der Waals surface area contributed by atoms with Crippen LogP contribution in [0.5, 0.6) is 0 Å². The molecule has 1 aliphatic heterocycles. The first-order chi connectivity index (χ1) is 18.3. The standard InChI is InChI=1S/C35H35PSi/c1-37(29-13-3-2-4-14-29)33-18-10-9-17-32(33)36-23-27-21-19-25-11-5-7-15-30(25)34(27)35-28(24-36)22-20-26-12-6-8-16-31(26)35/h5-12,15-22,29,37H,2-4,13-14,23-24H2,1H3/t37-/m1/s1. The lowest BCUT2D eigenvalue weighted by molar-refractivity contribution is 0.498. The Balaban J connectivity index is 1.43. The van der Waals surface area contributed by atoms with Gasteiger partial charge in [0.2, 0.25) is 0 Å². The first-order valence-electron chi connectivity index (χ1n) is 14.1. The van der Waals surface area contributed by atoms with E-state index in [4.69, 9.17) is 0 Å². The van der Waals surface area contributed by atoms with E-state index in [-0.39, 0.29) is 7.92 Å². The van der Waals surface area contributed by atoms with Crippen LogP contribution in [0.2, 0.25) is 12.1 Å². The van der Waals surface area contributed by atoms with Crippen molar-refractivity contribution in [2.75, 3.05) is 0 Å². The number of benzene rings is 5. The van der Waals surface area contributed by atoms with Crippen molar-refractivity contribution in [3.63, 3.8) is 0 Å². The van der Waals surface area contributed by atoms with E-state index in [9.17, 15) is 0 Å². The first kappa shape index (κ1) is 23.4. The summed E-state index contributed by atoms with van der Waals surface area (Å²) in [6.45, 7) is 2.66. The maximum Gasteiger partial charge on any atom is 0.0716 e. The van der Waals surface area contributed by atoms with Crippen molar-refractivity contribution in [1.29, 1.82) is 0 Å². The van der Waals surface area contributed by atoms with Crippen LogP contribution >= 0.6 is 7.92 Å². The quantitative estimate of drug-likeness (QED) is 0.167. The highest BCUT2D eigenvalue weighted by molar-refractivity contribution is 7.64. The minimum absolute atomic E-state index is 0.317. The van der Waals surface area contributed by atoms with Crippen LogP contribution in [0.4, 0.5) is 0 Å². The lowest BCUT2D eigenvalue weighted by Gasteiger charge is -2.30. The number of rotatable bonds is 3. The third-order valence-electron chi connectivity index (χ3n) is 9.13. The molecule has 0 nitrogen and oxygen atoms in total. The van der Waals surface area contributed by atoms with Gasteiger partial charge >= 0.3 is 0 Å². The van der Waals surface area contributed by atoms with Gasteiger partial charge < -0.3 is 0 Å². The maximum absolute atomic E-state index is 2.66. The minimum Gasteiger partial charge on any atom is -0.0678 e. The molecular weight excluding hydrogens is 479 g/mol. The number of hydrogen-bond donors (Lipinski definition) is 0. The van der Waals surface area contributed by atoms with Crippen molar-refractivity contribution in [1.82, 2.24) is 0 Å². The molecule has 5 aromatic rings. The van der Waals surface area contributed by atoms with Crippen molar-refractivity contribution in [2.45, 2.75) is 56.5 Å². The zero-order valence-electron chi connectivity index (χ0n) is 21.8. The van der Waals surface area contributed by atoms with Crippen LogP contribution in [0, 0.1) is 0 Å². The zero-order chi connectivity index (χ0) is 24.8. The van der Waals surface area contributed by atoms with E-state index in [1.54, 1.807) is 21.6 Å². The van der Waals surface area contributed by atoms with Gasteiger partial charge in [0.15, 0.2) is 0 Å². The van der Waals surface area contributed by atoms with E-state index in [0.29, 0.717) is 0 Å². The molecule has 7 rings (SSSR count). The van der Waals surface area contributed by atoms with E-state index >= 15 is 0 Å². The average molecular weight is 515 g/mol. The fourth-order valence-corrected chi connectivity index (χ4v) is 13.8. The highest BCUT2D eigenvalue weighted by Gasteiger charge is 2.29. The average Bonchev–Trinajstić information content (AvgIpc) is 3.14. The van der Waals surface area contributed by atoms with Crippen LogP contribution in [0.1, 0.15) is 43.2 Å². The van der Waals surface area contributed by atoms with Gasteiger partial charge in [0.25, 0.3) is 0 Å². The van der Waals surface area contributed by atoms with Crippen LogP contribution < -0.4 is 10.5 Å². The van der Waals surface area contributed by atoms with Crippen molar-refractivity contribution in [2.24, 2.45) is 0 Å². The molecule has 0 N–H and O–H groups in total. The van der Waals surface area contributed by atoms with Gasteiger partial charge in [-0.1, -0.05) is 149 Å². The van der Waals surface area contributed by atoms with E-state index in [1.165, 1.54) is 77.1 Å². The van der Waals surface area contributed by atoms with Crippen LogP contribution in [0.25, 0.3) is 32.7 Å². The molecule has 0 bridgehead atoms. The van der Waals surface area contributed by atoms with Crippen molar-refractivity contribution >= 4 is 48.8 Å². The topological polar surface area (TPSA) is 0 Å². The van der Waals surface area contributed by atoms with Crippen LogP contribution in [-0.2, 0) is 12.3 Å². The Labute approximate surface area is 224 Å². The molecule has 0 aromatic heterocycles. The summed E-state index contributed by atoms with van der Waals surface area (Å²) in [6.07, 6.45) is 9.62. The Morgan fingerprint density at radius 3 is 1.76 bits per heavy atom. The van der Waals surface area contributed by atoms with Gasteiger partial charge in [-0.05, 0) is 67.0 Å². The second-order valence-electron chi connectivity index (χ2n) is 11.2. The molecule has 37 heavy (non-hydrogen) atoms. The predicted molar refractivity (Wildman–Crippen MR) is 167 cm³/mol. The Bertz CT molecular complexity index is 1510. The summed E-state index contributed by atoms with van der Waals surface area (Å²) in [5.74, 6) is 0. The van der Waals surface area contributed by atoms with Crippen LogP contribution in [0.15, 0.2) is 97.1 Å². The third kappa shape index (κ3) is 4.17. The highest BCUT2D eigenvalue weighted by atomic mass is 31.1. The summed E-state index contributed by atoms with van der Waals surface area (Å²) in [4.78, 5) is 0. The zero-order valence-corrected chi connectivity index (χ0v) is 23.8. The molecule has 1 atom stereocenters. The lowest BCUT2D eigenvalue weighted by Crippen LogP contribution is -2.41. The van der Waals surface area contributed by atoms with Gasteiger partial charge in [-0.15, -0.1) is 0 Å². The molecule has 0 amide bonds. The first-order valence-corrected chi connectivity index (χ1v) is 18.2. The molecule has 0 unspecified atom stereocenters. The summed E-state index contributed by atoms with van der Waals surface area (Å²) < 4.78 is 0. The molecule has 0 spiro atoms. The fraction of sp³-hybridized carbons (Fsp3) is 0.257. The van der Waals surface area contributed by atoms with Crippen LogP contribution in [0.3, 0.4) is 0 Å². The monoisotopic (exact) mass is 514 g/mol. The van der Waals surface area contributed by atoms with Gasteiger partial charge in [-0.3, -0.25) is 0 Å². The third-order valence-corrected chi connectivity index (χ3v) is 15.5. The molecule has 184 valence electrons. The molecule has 1 heterocycles. The second kappa shape index (κ2) is 9.86. The van der Waals surface area contributed by atoms with Crippen molar-refractivity contribution in [3.8, 4) is 11.1 Å². The van der Waals surface area contributed by atoms with Gasteiger partial charge in [0, 0.05) is 0 Å². The summed E-state index contributed by atoms with van der Waals surface area (Å²) in [5, 5.41) is 9.00. The summed E-state index contributed by atoms with van der Waals surface area (Å²) in [6, 6.07) is 37.3. The normalized spacial score (nSPS) is 17.3. The van der Waals surface area contributed by atoms with Gasteiger partial charge in [-0.25, -0.2) is 0 Å². The summed E-state index contributed by atoms with van der Waals surface area (Å²) in [7, 11) is -1.32. The van der Waals surface area contributed by atoms with E-state index in [2.05, 4.69) is 104 Å².